The van der Waals surface area contributed by atoms with E-state index >= 15 is 0 Å². The molecule has 4 rings (SSSR count). The zero-order valence-corrected chi connectivity index (χ0v) is 21.3. The van der Waals surface area contributed by atoms with Crippen LogP contribution in [0, 0.1) is 36.5 Å². The molecule has 1 amide bonds. The molecule has 3 aromatic rings. The predicted octanol–water partition coefficient (Wildman–Crippen LogP) is 6.24. The van der Waals surface area contributed by atoms with Crippen molar-refractivity contribution in [1.29, 1.82) is 10.5 Å². The Labute approximate surface area is 210 Å². The molecule has 2 aromatic heterocycles. The summed E-state index contributed by atoms with van der Waals surface area (Å²) in [5, 5.41) is 23.4. The molecular formula is C28H28N4O2S. The number of aromatic nitrogens is 1. The molecule has 0 radical (unpaired) electrons. The van der Waals surface area contributed by atoms with Gasteiger partial charge >= 0.3 is 0 Å². The lowest BCUT2D eigenvalue weighted by Gasteiger charge is -2.11. The number of nitrogens with one attached hydrogen (secondary N) is 1. The summed E-state index contributed by atoms with van der Waals surface area (Å²) >= 11 is 1.68. The van der Waals surface area contributed by atoms with Crippen molar-refractivity contribution in [3.63, 3.8) is 0 Å². The van der Waals surface area contributed by atoms with Gasteiger partial charge in [0.05, 0.1) is 11.7 Å². The molecule has 178 valence electrons. The highest BCUT2D eigenvalue weighted by Crippen LogP contribution is 2.38. The van der Waals surface area contributed by atoms with Gasteiger partial charge in [-0.3, -0.25) is 4.79 Å². The Kier molecular flexibility index (Phi) is 7.10. The number of amides is 1. The third kappa shape index (κ3) is 5.01. The van der Waals surface area contributed by atoms with Crippen molar-refractivity contribution in [1.82, 2.24) is 4.57 Å². The number of rotatable bonds is 6. The number of benzene rings is 1. The number of hydrogen-bond donors (Lipinski definition) is 1. The van der Waals surface area contributed by atoms with E-state index in [1.54, 1.807) is 35.6 Å². The Hall–Kier alpha value is -3.81. The van der Waals surface area contributed by atoms with E-state index in [-0.39, 0.29) is 11.7 Å². The molecule has 0 bridgehead atoms. The number of anilines is 1. The van der Waals surface area contributed by atoms with Crippen LogP contribution in [-0.2, 0) is 17.6 Å². The molecule has 1 aliphatic carbocycles. The molecule has 0 spiro atoms. The van der Waals surface area contributed by atoms with Crippen molar-refractivity contribution >= 4 is 29.0 Å². The molecule has 0 atom stereocenters. The summed E-state index contributed by atoms with van der Waals surface area (Å²) in [6, 6.07) is 13.5. The molecule has 0 fully saturated rings. The molecule has 0 saturated heterocycles. The number of nitrogens with zero attached hydrogens (tertiary/aromatic N) is 3. The number of carbonyl (C=O) groups is 1. The smallest absolute Gasteiger partial charge is 0.266 e. The normalized spacial score (nSPS) is 13.2. The fourth-order valence-electron chi connectivity index (χ4n) is 4.49. The van der Waals surface area contributed by atoms with Crippen molar-refractivity contribution < 1.29 is 9.53 Å². The summed E-state index contributed by atoms with van der Waals surface area (Å²) in [5.74, 6) is 0.166. The van der Waals surface area contributed by atoms with Gasteiger partial charge in [-0.25, -0.2) is 0 Å². The molecule has 6 nitrogen and oxygen atoms in total. The standard InChI is InChI=1S/C28H28N4O2S/c1-17(2)34-23-9-7-8-22(14-23)31-27(33)21(15-29)13-20-12-18(3)32(19(20)4)28-25(16-30)24-10-5-6-11-26(24)35-28/h7-9,12-14,17H,5-6,10-11H2,1-4H3,(H,31,33)/b21-13-. The zero-order chi connectivity index (χ0) is 25.1. The minimum atomic E-state index is -0.483. The third-order valence-corrected chi connectivity index (χ3v) is 7.34. The summed E-state index contributed by atoms with van der Waals surface area (Å²) in [4.78, 5) is 14.2. The number of hydrogen-bond acceptors (Lipinski definition) is 5. The van der Waals surface area contributed by atoms with Gasteiger partial charge in [0.15, 0.2) is 0 Å². The molecule has 2 heterocycles. The maximum Gasteiger partial charge on any atom is 0.266 e. The Morgan fingerprint density at radius 3 is 2.69 bits per heavy atom. The molecule has 0 aliphatic heterocycles. The van der Waals surface area contributed by atoms with E-state index in [2.05, 4.69) is 16.0 Å². The van der Waals surface area contributed by atoms with Crippen LogP contribution in [-0.4, -0.2) is 16.6 Å². The first-order chi connectivity index (χ1) is 16.8. The lowest BCUT2D eigenvalue weighted by Crippen LogP contribution is -2.14. The SMILES string of the molecule is Cc1cc(/C=C(/C#N)C(=O)Nc2cccc(OC(C)C)c2)c(C)n1-c1sc2c(c1C#N)CCCC2. The van der Waals surface area contributed by atoms with Crippen LogP contribution < -0.4 is 10.1 Å². The van der Waals surface area contributed by atoms with Crippen LogP contribution in [0.3, 0.4) is 0 Å². The summed E-state index contributed by atoms with van der Waals surface area (Å²) in [5.41, 5.74) is 5.13. The first-order valence-corrected chi connectivity index (χ1v) is 12.6. The van der Waals surface area contributed by atoms with Crippen molar-refractivity contribution in [2.24, 2.45) is 0 Å². The van der Waals surface area contributed by atoms with Crippen molar-refractivity contribution in [2.45, 2.75) is 59.5 Å². The molecule has 1 aliphatic rings. The van der Waals surface area contributed by atoms with Crippen LogP contribution in [0.25, 0.3) is 11.1 Å². The highest BCUT2D eigenvalue weighted by Gasteiger charge is 2.24. The highest BCUT2D eigenvalue weighted by molar-refractivity contribution is 7.15. The second-order valence-electron chi connectivity index (χ2n) is 8.98. The molecule has 35 heavy (non-hydrogen) atoms. The monoisotopic (exact) mass is 484 g/mol. The van der Waals surface area contributed by atoms with E-state index in [0.29, 0.717) is 11.4 Å². The average Bonchev–Trinajstić information content (AvgIpc) is 3.32. The molecule has 1 aromatic carbocycles. The molecule has 0 unspecified atom stereocenters. The molecule has 0 saturated carbocycles. The Bertz CT molecular complexity index is 1400. The van der Waals surface area contributed by atoms with Crippen LogP contribution >= 0.6 is 11.3 Å². The average molecular weight is 485 g/mol. The van der Waals surface area contributed by atoms with Gasteiger partial charge in [-0.2, -0.15) is 10.5 Å². The van der Waals surface area contributed by atoms with E-state index in [1.165, 1.54) is 10.4 Å². The van der Waals surface area contributed by atoms with E-state index in [9.17, 15) is 15.3 Å². The molecule has 7 heteroatoms. The van der Waals surface area contributed by atoms with E-state index in [0.717, 1.165) is 53.2 Å². The van der Waals surface area contributed by atoms with Crippen LogP contribution in [0.15, 0.2) is 35.9 Å². The highest BCUT2D eigenvalue weighted by atomic mass is 32.1. The van der Waals surface area contributed by atoms with Crippen LogP contribution in [0.1, 0.15) is 59.6 Å². The van der Waals surface area contributed by atoms with Gasteiger partial charge in [-0.1, -0.05) is 6.07 Å². The van der Waals surface area contributed by atoms with Gasteiger partial charge in [-0.15, -0.1) is 11.3 Å². The maximum absolute atomic E-state index is 12.9. The summed E-state index contributed by atoms with van der Waals surface area (Å²) in [7, 11) is 0. The zero-order valence-electron chi connectivity index (χ0n) is 20.4. The molecule has 1 N–H and O–H groups in total. The second kappa shape index (κ2) is 10.2. The number of thiophene rings is 1. The van der Waals surface area contributed by atoms with Gasteiger partial charge < -0.3 is 14.6 Å². The quantitative estimate of drug-likeness (QED) is 0.331. The minimum absolute atomic E-state index is 0.00594. The fraction of sp³-hybridized carbons (Fsp3) is 0.321. The largest absolute Gasteiger partial charge is 0.491 e. The predicted molar refractivity (Wildman–Crippen MR) is 139 cm³/mol. The fourth-order valence-corrected chi connectivity index (χ4v) is 5.94. The first-order valence-electron chi connectivity index (χ1n) is 11.8. The Balaban J connectivity index is 1.65. The summed E-state index contributed by atoms with van der Waals surface area (Å²) < 4.78 is 7.76. The number of nitriles is 2. The number of ether oxygens (including phenoxy) is 1. The first kappa shape index (κ1) is 24.3. The van der Waals surface area contributed by atoms with Crippen molar-refractivity contribution in [3.05, 3.63) is 68.9 Å². The number of fused-ring (bicyclic) bond motifs is 1. The molecular weight excluding hydrogens is 456 g/mol. The topological polar surface area (TPSA) is 90.8 Å². The van der Waals surface area contributed by atoms with Crippen molar-refractivity contribution in [2.75, 3.05) is 5.32 Å². The number of carbonyl (C=O) groups excluding carboxylic acids is 1. The Morgan fingerprint density at radius 1 is 1.20 bits per heavy atom. The second-order valence-corrected chi connectivity index (χ2v) is 10.1. The van der Waals surface area contributed by atoms with Crippen molar-refractivity contribution in [3.8, 4) is 22.9 Å². The summed E-state index contributed by atoms with van der Waals surface area (Å²) in [6.45, 7) is 7.81. The maximum atomic E-state index is 12.9. The van der Waals surface area contributed by atoms with Gasteiger partial charge in [0, 0.05) is 28.0 Å². The summed E-state index contributed by atoms with van der Waals surface area (Å²) in [6.07, 6.45) is 5.86. The van der Waals surface area contributed by atoms with Crippen LogP contribution in [0.2, 0.25) is 0 Å². The van der Waals surface area contributed by atoms with Gasteiger partial charge in [0.25, 0.3) is 5.91 Å². The minimum Gasteiger partial charge on any atom is -0.491 e. The third-order valence-electron chi connectivity index (χ3n) is 6.07. The van der Waals surface area contributed by atoms with Crippen LogP contribution in [0.5, 0.6) is 5.75 Å². The van der Waals surface area contributed by atoms with E-state index in [4.69, 9.17) is 4.74 Å². The van der Waals surface area contributed by atoms with Gasteiger partial charge in [-0.05, 0) is 88.8 Å². The Morgan fingerprint density at radius 2 is 1.97 bits per heavy atom. The number of aryl methyl sites for hydroxylation is 2. The van der Waals surface area contributed by atoms with Gasteiger partial charge in [0.1, 0.15) is 28.5 Å². The lowest BCUT2D eigenvalue weighted by molar-refractivity contribution is -0.112. The van der Waals surface area contributed by atoms with Crippen LogP contribution in [0.4, 0.5) is 5.69 Å². The van der Waals surface area contributed by atoms with Gasteiger partial charge in [0.2, 0.25) is 0 Å². The van der Waals surface area contributed by atoms with E-state index < -0.39 is 5.91 Å². The lowest BCUT2D eigenvalue weighted by atomic mass is 9.96. The van der Waals surface area contributed by atoms with E-state index in [1.807, 2.05) is 45.9 Å².